The van der Waals surface area contributed by atoms with Gasteiger partial charge in [-0.2, -0.15) is 0 Å². The summed E-state index contributed by atoms with van der Waals surface area (Å²) in [5.74, 6) is -0.160. The Morgan fingerprint density at radius 3 is 2.67 bits per heavy atom. The summed E-state index contributed by atoms with van der Waals surface area (Å²) in [7, 11) is 0. The highest BCUT2D eigenvalue weighted by Crippen LogP contribution is 2.37. The van der Waals surface area contributed by atoms with Gasteiger partial charge in [-0.3, -0.25) is 4.79 Å². The molecule has 3 N–H and O–H groups in total. The first-order chi connectivity index (χ1) is 7.11. The molecule has 3 unspecified atom stereocenters. The van der Waals surface area contributed by atoms with Gasteiger partial charge in [-0.15, -0.1) is 0 Å². The van der Waals surface area contributed by atoms with E-state index < -0.39 is 0 Å². The lowest BCUT2D eigenvalue weighted by molar-refractivity contribution is -0.122. The summed E-state index contributed by atoms with van der Waals surface area (Å²) < 4.78 is 0. The molecule has 1 amide bonds. The van der Waals surface area contributed by atoms with Crippen LogP contribution in [0.2, 0.25) is 0 Å². The fourth-order valence-corrected chi connectivity index (χ4v) is 2.48. The van der Waals surface area contributed by atoms with Gasteiger partial charge in [0.2, 0.25) is 5.91 Å². The molecule has 0 aromatic heterocycles. The SMILES string of the molecule is CC1Nc2ccccc2C(C)C1C(N)=O. The minimum atomic E-state index is -0.225. The molecule has 1 aliphatic heterocycles. The van der Waals surface area contributed by atoms with Crippen LogP contribution in [0.25, 0.3) is 0 Å². The van der Waals surface area contributed by atoms with Gasteiger partial charge in [0.05, 0.1) is 5.92 Å². The van der Waals surface area contributed by atoms with E-state index in [1.165, 1.54) is 5.56 Å². The Bertz CT molecular complexity index is 389. The number of primary amides is 1. The lowest BCUT2D eigenvalue weighted by atomic mass is 9.79. The average Bonchev–Trinajstić information content (AvgIpc) is 2.17. The third-order valence-electron chi connectivity index (χ3n) is 3.24. The van der Waals surface area contributed by atoms with E-state index in [-0.39, 0.29) is 23.8 Å². The van der Waals surface area contributed by atoms with Crippen LogP contribution in [0.4, 0.5) is 5.69 Å². The molecule has 1 aromatic carbocycles. The Balaban J connectivity index is 2.42. The molecule has 1 aliphatic rings. The maximum Gasteiger partial charge on any atom is 0.223 e. The van der Waals surface area contributed by atoms with Crippen molar-refractivity contribution < 1.29 is 4.79 Å². The van der Waals surface area contributed by atoms with E-state index in [1.807, 2.05) is 25.1 Å². The van der Waals surface area contributed by atoms with Crippen molar-refractivity contribution in [2.45, 2.75) is 25.8 Å². The van der Waals surface area contributed by atoms with Crippen LogP contribution in [-0.4, -0.2) is 11.9 Å². The number of rotatable bonds is 1. The van der Waals surface area contributed by atoms with Crippen molar-refractivity contribution in [2.24, 2.45) is 11.7 Å². The summed E-state index contributed by atoms with van der Waals surface area (Å²) in [4.78, 5) is 11.4. The fourth-order valence-electron chi connectivity index (χ4n) is 2.48. The number of anilines is 1. The van der Waals surface area contributed by atoms with Crippen LogP contribution in [0.1, 0.15) is 25.3 Å². The van der Waals surface area contributed by atoms with Crippen LogP contribution in [0, 0.1) is 5.92 Å². The molecular formula is C12H16N2O. The summed E-state index contributed by atoms with van der Waals surface area (Å²) in [6.07, 6.45) is 0. The van der Waals surface area contributed by atoms with E-state index >= 15 is 0 Å². The number of para-hydroxylation sites is 1. The highest BCUT2D eigenvalue weighted by Gasteiger charge is 2.34. The number of hydrogen-bond donors (Lipinski definition) is 2. The first-order valence-electron chi connectivity index (χ1n) is 5.26. The van der Waals surface area contributed by atoms with Crippen LogP contribution >= 0.6 is 0 Å². The molecule has 0 aliphatic carbocycles. The number of nitrogens with two attached hydrogens (primary N) is 1. The van der Waals surface area contributed by atoms with Crippen molar-refractivity contribution in [2.75, 3.05) is 5.32 Å². The van der Waals surface area contributed by atoms with Crippen LogP contribution in [-0.2, 0) is 4.79 Å². The van der Waals surface area contributed by atoms with Crippen LogP contribution in [0.15, 0.2) is 24.3 Å². The average molecular weight is 204 g/mol. The fraction of sp³-hybridized carbons (Fsp3) is 0.417. The number of nitrogens with one attached hydrogen (secondary N) is 1. The van der Waals surface area contributed by atoms with E-state index in [2.05, 4.69) is 18.3 Å². The molecule has 1 heterocycles. The predicted molar refractivity (Wildman–Crippen MR) is 60.6 cm³/mol. The maximum atomic E-state index is 11.4. The Labute approximate surface area is 89.7 Å². The Morgan fingerprint density at radius 2 is 2.00 bits per heavy atom. The van der Waals surface area contributed by atoms with E-state index in [0.29, 0.717) is 0 Å². The van der Waals surface area contributed by atoms with Crippen LogP contribution < -0.4 is 11.1 Å². The van der Waals surface area contributed by atoms with Crippen LogP contribution in [0.3, 0.4) is 0 Å². The molecule has 0 saturated heterocycles. The molecule has 0 fully saturated rings. The molecule has 3 atom stereocenters. The zero-order chi connectivity index (χ0) is 11.0. The van der Waals surface area contributed by atoms with Crippen molar-refractivity contribution in [1.82, 2.24) is 0 Å². The number of carbonyl (C=O) groups is 1. The molecule has 3 heteroatoms. The summed E-state index contributed by atoms with van der Waals surface area (Å²) in [5.41, 5.74) is 7.73. The molecule has 0 spiro atoms. The van der Waals surface area contributed by atoms with Crippen molar-refractivity contribution in [1.29, 1.82) is 0 Å². The van der Waals surface area contributed by atoms with Crippen molar-refractivity contribution >= 4 is 11.6 Å². The van der Waals surface area contributed by atoms with Crippen molar-refractivity contribution in [3.63, 3.8) is 0 Å². The Kier molecular flexibility index (Phi) is 2.39. The summed E-state index contributed by atoms with van der Waals surface area (Å²) >= 11 is 0. The molecule has 3 nitrogen and oxygen atoms in total. The monoisotopic (exact) mass is 204 g/mol. The van der Waals surface area contributed by atoms with Gasteiger partial charge >= 0.3 is 0 Å². The number of hydrogen-bond acceptors (Lipinski definition) is 2. The molecular weight excluding hydrogens is 188 g/mol. The van der Waals surface area contributed by atoms with Crippen molar-refractivity contribution in [3.05, 3.63) is 29.8 Å². The Morgan fingerprint density at radius 1 is 1.33 bits per heavy atom. The third-order valence-corrected chi connectivity index (χ3v) is 3.24. The normalized spacial score (nSPS) is 29.1. The molecule has 0 saturated carbocycles. The first kappa shape index (κ1) is 10.0. The second kappa shape index (κ2) is 3.57. The lowest BCUT2D eigenvalue weighted by Crippen LogP contribution is -2.42. The molecule has 2 rings (SSSR count). The molecule has 0 radical (unpaired) electrons. The van der Waals surface area contributed by atoms with Gasteiger partial charge in [-0.25, -0.2) is 0 Å². The Hall–Kier alpha value is -1.51. The van der Waals surface area contributed by atoms with Crippen molar-refractivity contribution in [3.8, 4) is 0 Å². The van der Waals surface area contributed by atoms with Crippen LogP contribution in [0.5, 0.6) is 0 Å². The van der Waals surface area contributed by atoms with Gasteiger partial charge < -0.3 is 11.1 Å². The van der Waals surface area contributed by atoms with E-state index in [1.54, 1.807) is 0 Å². The molecule has 80 valence electrons. The van der Waals surface area contributed by atoms with Gasteiger partial charge in [0.15, 0.2) is 0 Å². The number of amides is 1. The minimum Gasteiger partial charge on any atom is -0.382 e. The minimum absolute atomic E-state index is 0.104. The largest absolute Gasteiger partial charge is 0.382 e. The number of fused-ring (bicyclic) bond motifs is 1. The maximum absolute atomic E-state index is 11.4. The number of carbonyl (C=O) groups excluding carboxylic acids is 1. The van der Waals surface area contributed by atoms with E-state index in [9.17, 15) is 4.79 Å². The van der Waals surface area contributed by atoms with Gasteiger partial charge in [0.1, 0.15) is 0 Å². The zero-order valence-electron chi connectivity index (χ0n) is 9.03. The zero-order valence-corrected chi connectivity index (χ0v) is 9.03. The van der Waals surface area contributed by atoms with E-state index in [4.69, 9.17) is 5.73 Å². The third kappa shape index (κ3) is 1.58. The summed E-state index contributed by atoms with van der Waals surface area (Å²) in [6.45, 7) is 4.06. The second-order valence-corrected chi connectivity index (χ2v) is 4.24. The molecule has 0 bridgehead atoms. The van der Waals surface area contributed by atoms with Gasteiger partial charge in [0.25, 0.3) is 0 Å². The number of benzene rings is 1. The smallest absolute Gasteiger partial charge is 0.223 e. The van der Waals surface area contributed by atoms with Gasteiger partial charge in [-0.05, 0) is 24.5 Å². The first-order valence-corrected chi connectivity index (χ1v) is 5.26. The molecule has 15 heavy (non-hydrogen) atoms. The molecule has 1 aromatic rings. The van der Waals surface area contributed by atoms with Gasteiger partial charge in [0, 0.05) is 11.7 Å². The standard InChI is InChI=1S/C12H16N2O/c1-7-9-5-3-4-6-10(9)14-8(2)11(7)12(13)15/h3-8,11,14H,1-2H3,(H2,13,15). The summed E-state index contributed by atoms with van der Waals surface area (Å²) in [5, 5.41) is 3.32. The summed E-state index contributed by atoms with van der Waals surface area (Å²) in [6, 6.07) is 8.18. The highest BCUT2D eigenvalue weighted by molar-refractivity contribution is 5.80. The van der Waals surface area contributed by atoms with E-state index in [0.717, 1.165) is 5.69 Å². The van der Waals surface area contributed by atoms with Gasteiger partial charge in [-0.1, -0.05) is 25.1 Å². The lowest BCUT2D eigenvalue weighted by Gasteiger charge is -2.35. The topological polar surface area (TPSA) is 55.1 Å². The predicted octanol–water partition coefficient (Wildman–Crippen LogP) is 1.71. The highest BCUT2D eigenvalue weighted by atomic mass is 16.1. The second-order valence-electron chi connectivity index (χ2n) is 4.24. The quantitative estimate of drug-likeness (QED) is 0.731.